The number of hydrogen-bond donors (Lipinski definition) is 0. The van der Waals surface area contributed by atoms with Gasteiger partial charge in [-0.2, -0.15) is 4.36 Å². The highest BCUT2D eigenvalue weighted by molar-refractivity contribution is 7.92. The number of hydrogen-bond acceptors (Lipinski definition) is 5. The van der Waals surface area contributed by atoms with E-state index in [9.17, 15) is 4.21 Å². The fourth-order valence-corrected chi connectivity index (χ4v) is 3.27. The van der Waals surface area contributed by atoms with Crippen molar-refractivity contribution in [3.8, 4) is 11.3 Å². The van der Waals surface area contributed by atoms with Crippen LogP contribution in [0.25, 0.3) is 11.3 Å². The van der Waals surface area contributed by atoms with E-state index in [4.69, 9.17) is 9.31 Å². The van der Waals surface area contributed by atoms with Crippen molar-refractivity contribution in [1.82, 2.24) is 4.98 Å². The fourth-order valence-electron chi connectivity index (χ4n) is 2.65. The first-order chi connectivity index (χ1) is 12.0. The Hall–Kier alpha value is -1.70. The minimum Gasteiger partial charge on any atom is -0.399 e. The van der Waals surface area contributed by atoms with Crippen LogP contribution in [0.5, 0.6) is 0 Å². The van der Waals surface area contributed by atoms with E-state index in [1.165, 1.54) is 0 Å². The van der Waals surface area contributed by atoms with Crippen molar-refractivity contribution in [2.75, 3.05) is 12.5 Å². The van der Waals surface area contributed by atoms with Gasteiger partial charge in [-0.15, -0.1) is 0 Å². The Bertz CT molecular complexity index is 891. The van der Waals surface area contributed by atoms with Crippen LogP contribution < -0.4 is 5.46 Å². The van der Waals surface area contributed by atoms with Gasteiger partial charge < -0.3 is 9.31 Å². The minimum absolute atomic E-state index is 0.353. The van der Waals surface area contributed by atoms with Gasteiger partial charge in [-0.1, -0.05) is 24.3 Å². The molecule has 26 heavy (non-hydrogen) atoms. The van der Waals surface area contributed by atoms with E-state index in [0.29, 0.717) is 5.69 Å². The highest BCUT2D eigenvalue weighted by atomic mass is 32.2. The zero-order valence-electron chi connectivity index (χ0n) is 16.1. The largest absolute Gasteiger partial charge is 0.494 e. The van der Waals surface area contributed by atoms with Gasteiger partial charge in [0.2, 0.25) is 0 Å². The Morgan fingerprint density at radius 1 is 0.962 bits per heavy atom. The van der Waals surface area contributed by atoms with Crippen LogP contribution in [0, 0.1) is 0 Å². The molecule has 2 heterocycles. The summed E-state index contributed by atoms with van der Waals surface area (Å²) in [7, 11) is -2.55. The van der Waals surface area contributed by atoms with E-state index < -0.39 is 9.73 Å². The molecule has 1 aromatic heterocycles. The average molecular weight is 372 g/mol. The summed E-state index contributed by atoms with van der Waals surface area (Å²) in [5.74, 6) is 0. The molecule has 0 N–H and O–H groups in total. The van der Waals surface area contributed by atoms with Crippen LogP contribution in [0.4, 0.5) is 5.69 Å². The Morgan fingerprint density at radius 3 is 2.00 bits per heavy atom. The normalized spacial score (nSPS) is 18.8. The van der Waals surface area contributed by atoms with E-state index in [1.54, 1.807) is 18.7 Å². The van der Waals surface area contributed by atoms with E-state index in [0.717, 1.165) is 16.7 Å². The number of aromatic nitrogens is 1. The molecule has 1 fully saturated rings. The van der Waals surface area contributed by atoms with Gasteiger partial charge >= 0.3 is 7.12 Å². The van der Waals surface area contributed by atoms with Crippen molar-refractivity contribution in [2.24, 2.45) is 4.36 Å². The maximum Gasteiger partial charge on any atom is 0.494 e. The van der Waals surface area contributed by atoms with Crippen LogP contribution in [0.2, 0.25) is 0 Å². The van der Waals surface area contributed by atoms with E-state index in [2.05, 4.69) is 9.35 Å². The summed E-state index contributed by atoms with van der Waals surface area (Å²) in [5.41, 5.74) is 2.73. The number of benzene rings is 1. The zero-order valence-corrected chi connectivity index (χ0v) is 17.0. The minimum atomic E-state index is -2.18. The lowest BCUT2D eigenvalue weighted by atomic mass is 9.79. The first-order valence-corrected chi connectivity index (χ1v) is 10.9. The molecule has 138 valence electrons. The van der Waals surface area contributed by atoms with Crippen LogP contribution in [-0.4, -0.2) is 40.0 Å². The molecule has 1 aliphatic rings. The molecule has 0 saturated carbocycles. The predicted molar refractivity (Wildman–Crippen MR) is 107 cm³/mol. The van der Waals surface area contributed by atoms with E-state index in [1.807, 2.05) is 64.1 Å². The lowest BCUT2D eigenvalue weighted by Gasteiger charge is -2.32. The first kappa shape index (κ1) is 19.1. The number of rotatable bonds is 3. The molecule has 2 aromatic rings. The molecule has 7 heteroatoms. The highest BCUT2D eigenvalue weighted by Gasteiger charge is 2.51. The molecule has 1 aromatic carbocycles. The maximum absolute atomic E-state index is 11.7. The molecule has 5 nitrogen and oxygen atoms in total. The standard InChI is InChI=1S/C19H25BN2O3S/c1-18(2)19(3,4)25-20(24-18)15-9-7-14(8-10-15)17-12-11-16(13-21-17)22-26(5,6)23/h7-13H,1-6H3. The van der Waals surface area contributed by atoms with Crippen LogP contribution in [-0.2, 0) is 19.0 Å². The van der Waals surface area contributed by atoms with E-state index >= 15 is 0 Å². The van der Waals surface area contributed by atoms with Gasteiger partial charge in [-0.3, -0.25) is 4.98 Å². The molecule has 0 atom stereocenters. The van der Waals surface area contributed by atoms with Gasteiger partial charge in [0.1, 0.15) is 0 Å². The second-order valence-corrected chi connectivity index (χ2v) is 10.4. The number of nitrogens with zero attached hydrogens (tertiary/aromatic N) is 2. The predicted octanol–water partition coefficient (Wildman–Crippen LogP) is 3.41. The molecule has 1 saturated heterocycles. The summed E-state index contributed by atoms with van der Waals surface area (Å²) < 4.78 is 28.1. The van der Waals surface area contributed by atoms with Gasteiger partial charge in [-0.25, -0.2) is 4.21 Å². The van der Waals surface area contributed by atoms with Crippen molar-refractivity contribution in [1.29, 1.82) is 0 Å². The summed E-state index contributed by atoms with van der Waals surface area (Å²) in [6.45, 7) is 8.18. The second-order valence-electron chi connectivity index (χ2n) is 7.88. The van der Waals surface area contributed by atoms with Crippen molar-refractivity contribution in [2.45, 2.75) is 38.9 Å². The Kier molecular flexibility index (Phi) is 4.75. The van der Waals surface area contributed by atoms with Gasteiger partial charge in [0, 0.05) is 27.8 Å². The lowest BCUT2D eigenvalue weighted by Crippen LogP contribution is -2.41. The summed E-state index contributed by atoms with van der Waals surface area (Å²) in [5, 5.41) is 0. The Labute approximate surface area is 156 Å². The van der Waals surface area contributed by atoms with Crippen molar-refractivity contribution in [3.63, 3.8) is 0 Å². The van der Waals surface area contributed by atoms with Crippen LogP contribution in [0.15, 0.2) is 47.0 Å². The van der Waals surface area contributed by atoms with Crippen molar-refractivity contribution < 1.29 is 13.5 Å². The molecule has 3 rings (SSSR count). The van der Waals surface area contributed by atoms with Crippen LogP contribution >= 0.6 is 0 Å². The van der Waals surface area contributed by atoms with Gasteiger partial charge in [0.05, 0.1) is 28.8 Å². The molecule has 0 amide bonds. The molecule has 0 radical (unpaired) electrons. The van der Waals surface area contributed by atoms with Gasteiger partial charge in [-0.05, 0) is 45.3 Å². The topological polar surface area (TPSA) is 60.8 Å². The first-order valence-electron chi connectivity index (χ1n) is 8.56. The molecule has 0 spiro atoms. The quantitative estimate of drug-likeness (QED) is 0.775. The lowest BCUT2D eigenvalue weighted by molar-refractivity contribution is 0.00578. The molecule has 1 aliphatic heterocycles. The molecule has 0 bridgehead atoms. The second kappa shape index (κ2) is 6.48. The zero-order chi connectivity index (χ0) is 19.2. The van der Waals surface area contributed by atoms with Crippen molar-refractivity contribution in [3.05, 3.63) is 42.6 Å². The summed E-state index contributed by atoms with van der Waals surface area (Å²) in [6, 6.07) is 11.7. The summed E-state index contributed by atoms with van der Waals surface area (Å²) in [6.07, 6.45) is 4.86. The summed E-state index contributed by atoms with van der Waals surface area (Å²) in [4.78, 5) is 4.42. The molecule has 0 unspecified atom stereocenters. The Morgan fingerprint density at radius 2 is 1.54 bits per heavy atom. The molecular formula is C19H25BN2O3S. The average Bonchev–Trinajstić information content (AvgIpc) is 2.75. The molecule has 0 aliphatic carbocycles. The highest BCUT2D eigenvalue weighted by Crippen LogP contribution is 2.36. The monoisotopic (exact) mass is 372 g/mol. The third-order valence-corrected chi connectivity index (χ3v) is 5.46. The summed E-state index contributed by atoms with van der Waals surface area (Å²) >= 11 is 0. The third-order valence-electron chi connectivity index (χ3n) is 4.80. The van der Waals surface area contributed by atoms with Gasteiger partial charge in [0.15, 0.2) is 0 Å². The molecular weight excluding hydrogens is 347 g/mol. The van der Waals surface area contributed by atoms with E-state index in [-0.39, 0.29) is 18.3 Å². The van der Waals surface area contributed by atoms with Crippen LogP contribution in [0.1, 0.15) is 27.7 Å². The Balaban J connectivity index is 1.80. The van der Waals surface area contributed by atoms with Crippen LogP contribution in [0.3, 0.4) is 0 Å². The smallest absolute Gasteiger partial charge is 0.399 e. The SMILES string of the molecule is CC1(C)OB(c2ccc(-c3ccc(N=S(C)(C)=O)cn3)cc2)OC1(C)C. The third kappa shape index (κ3) is 4.00. The number of pyridine rings is 1. The maximum atomic E-state index is 11.7. The van der Waals surface area contributed by atoms with Crippen molar-refractivity contribution >= 4 is 28.0 Å². The fraction of sp³-hybridized carbons (Fsp3) is 0.421. The van der Waals surface area contributed by atoms with Gasteiger partial charge in [0.25, 0.3) is 0 Å².